The fraction of sp³-hybridized carbons (Fsp3) is 0.174. The van der Waals surface area contributed by atoms with E-state index in [0.29, 0.717) is 27.0 Å². The molecule has 1 atom stereocenters. The van der Waals surface area contributed by atoms with Gasteiger partial charge in [-0.3, -0.25) is 14.5 Å². The molecule has 1 fully saturated rings. The Morgan fingerprint density at radius 2 is 1.74 bits per heavy atom. The van der Waals surface area contributed by atoms with Gasteiger partial charge in [0.05, 0.1) is 24.4 Å². The first-order valence-electron chi connectivity index (χ1n) is 9.46. The van der Waals surface area contributed by atoms with Gasteiger partial charge in [-0.2, -0.15) is 0 Å². The number of amides is 1. The number of aliphatic hydroxyl groups is 1. The molecule has 2 heterocycles. The quantitative estimate of drug-likeness (QED) is 0.339. The van der Waals surface area contributed by atoms with E-state index in [1.807, 2.05) is 13.8 Å². The predicted molar refractivity (Wildman–Crippen MR) is 121 cm³/mol. The number of hydrogen-bond acceptors (Lipinski definition) is 6. The molecule has 31 heavy (non-hydrogen) atoms. The van der Waals surface area contributed by atoms with Crippen molar-refractivity contribution in [3.8, 4) is 5.75 Å². The van der Waals surface area contributed by atoms with Gasteiger partial charge in [0.15, 0.2) is 5.13 Å². The second kappa shape index (κ2) is 8.17. The minimum atomic E-state index is -0.827. The molecule has 0 unspecified atom stereocenters. The number of thiazole rings is 1. The lowest BCUT2D eigenvalue weighted by atomic mass is 9.95. The number of halogens is 1. The van der Waals surface area contributed by atoms with Crippen LogP contribution in [-0.2, 0) is 9.59 Å². The molecule has 3 aromatic rings. The highest BCUT2D eigenvalue weighted by atomic mass is 35.5. The van der Waals surface area contributed by atoms with Crippen molar-refractivity contribution in [1.82, 2.24) is 4.98 Å². The topological polar surface area (TPSA) is 79.7 Å². The van der Waals surface area contributed by atoms with Crippen molar-refractivity contribution in [2.45, 2.75) is 19.9 Å². The van der Waals surface area contributed by atoms with E-state index in [-0.39, 0.29) is 11.3 Å². The van der Waals surface area contributed by atoms with Crippen LogP contribution in [0.25, 0.3) is 5.76 Å². The monoisotopic (exact) mass is 454 g/mol. The molecule has 2 aromatic carbocycles. The standard InChI is InChI=1S/C23H19ClN2O4S/c1-12-13(2)31-23(25-12)26-19(14-6-10-17(30-3)11-7-14)18(21(28)22(26)29)20(27)15-4-8-16(24)9-5-15/h4-11,19,27H,1-3H3/b20-18+/t19-/m1/s1. The molecule has 158 valence electrons. The second-order valence-corrected chi connectivity index (χ2v) is 8.71. The van der Waals surface area contributed by atoms with Crippen molar-refractivity contribution < 1.29 is 19.4 Å². The van der Waals surface area contributed by atoms with Crippen LogP contribution in [0.4, 0.5) is 5.13 Å². The van der Waals surface area contributed by atoms with Crippen LogP contribution in [-0.4, -0.2) is 28.9 Å². The van der Waals surface area contributed by atoms with Crippen LogP contribution in [0.3, 0.4) is 0 Å². The Bertz CT molecular complexity index is 1180. The van der Waals surface area contributed by atoms with Gasteiger partial charge >= 0.3 is 5.91 Å². The smallest absolute Gasteiger partial charge is 0.301 e. The number of nitrogens with zero attached hydrogens (tertiary/aromatic N) is 2. The van der Waals surface area contributed by atoms with E-state index in [2.05, 4.69) is 4.98 Å². The summed E-state index contributed by atoms with van der Waals surface area (Å²) in [4.78, 5) is 33.0. The molecular weight excluding hydrogens is 436 g/mol. The van der Waals surface area contributed by atoms with E-state index in [1.165, 1.54) is 16.2 Å². The number of rotatable bonds is 4. The largest absolute Gasteiger partial charge is 0.507 e. The average Bonchev–Trinajstić information content (AvgIpc) is 3.23. The van der Waals surface area contributed by atoms with Crippen molar-refractivity contribution >= 4 is 45.5 Å². The first kappa shape index (κ1) is 21.1. The highest BCUT2D eigenvalue weighted by molar-refractivity contribution is 7.16. The van der Waals surface area contributed by atoms with Gasteiger partial charge in [-0.25, -0.2) is 4.98 Å². The Morgan fingerprint density at radius 3 is 2.29 bits per heavy atom. The summed E-state index contributed by atoms with van der Waals surface area (Å²) < 4.78 is 5.23. The Kier molecular flexibility index (Phi) is 5.56. The number of aryl methyl sites for hydroxylation is 2. The lowest BCUT2D eigenvalue weighted by Gasteiger charge is -2.23. The van der Waals surface area contributed by atoms with E-state index >= 15 is 0 Å². The number of carbonyl (C=O) groups is 2. The predicted octanol–water partition coefficient (Wildman–Crippen LogP) is 5.05. The number of carbonyl (C=O) groups excluding carboxylic acids is 2. The number of ketones is 1. The number of Topliss-reactive ketones (excluding diaryl/α,β-unsaturated/α-hetero) is 1. The summed E-state index contributed by atoms with van der Waals surface area (Å²) >= 11 is 7.29. The molecule has 1 amide bonds. The average molecular weight is 455 g/mol. The molecule has 1 aromatic heterocycles. The van der Waals surface area contributed by atoms with Crippen molar-refractivity contribution in [2.24, 2.45) is 0 Å². The van der Waals surface area contributed by atoms with Crippen molar-refractivity contribution in [3.63, 3.8) is 0 Å². The fourth-order valence-electron chi connectivity index (χ4n) is 3.45. The minimum Gasteiger partial charge on any atom is -0.507 e. The highest BCUT2D eigenvalue weighted by Crippen LogP contribution is 2.44. The van der Waals surface area contributed by atoms with Gasteiger partial charge in [0.2, 0.25) is 0 Å². The molecule has 1 aliphatic heterocycles. The minimum absolute atomic E-state index is 0.00277. The van der Waals surface area contributed by atoms with Gasteiger partial charge in [0, 0.05) is 15.5 Å². The maximum absolute atomic E-state index is 13.1. The molecule has 1 saturated heterocycles. The van der Waals surface area contributed by atoms with Gasteiger partial charge in [0.1, 0.15) is 11.5 Å². The Labute approximate surface area is 188 Å². The molecule has 6 nitrogen and oxygen atoms in total. The van der Waals surface area contributed by atoms with E-state index in [0.717, 1.165) is 10.6 Å². The summed E-state index contributed by atoms with van der Waals surface area (Å²) in [7, 11) is 1.56. The van der Waals surface area contributed by atoms with Crippen LogP contribution < -0.4 is 9.64 Å². The first-order chi connectivity index (χ1) is 14.8. The summed E-state index contributed by atoms with van der Waals surface area (Å²) in [6.07, 6.45) is 0. The van der Waals surface area contributed by atoms with Crippen molar-refractivity contribution in [2.75, 3.05) is 12.0 Å². The molecule has 0 spiro atoms. The van der Waals surface area contributed by atoms with Gasteiger partial charge in [-0.05, 0) is 55.8 Å². The molecule has 0 saturated carbocycles. The third-order valence-corrected chi connectivity index (χ3v) is 6.54. The normalized spacial score (nSPS) is 17.9. The van der Waals surface area contributed by atoms with Crippen LogP contribution >= 0.6 is 22.9 Å². The lowest BCUT2D eigenvalue weighted by Crippen LogP contribution is -2.29. The van der Waals surface area contributed by atoms with Crippen LogP contribution in [0.1, 0.15) is 27.7 Å². The lowest BCUT2D eigenvalue weighted by molar-refractivity contribution is -0.132. The molecule has 1 N–H and O–H groups in total. The van der Waals surface area contributed by atoms with Gasteiger partial charge in [-0.1, -0.05) is 23.7 Å². The summed E-state index contributed by atoms with van der Waals surface area (Å²) in [6, 6.07) is 12.6. The summed E-state index contributed by atoms with van der Waals surface area (Å²) in [5.74, 6) is -1.12. The van der Waals surface area contributed by atoms with E-state index in [9.17, 15) is 14.7 Å². The maximum atomic E-state index is 13.1. The summed E-state index contributed by atoms with van der Waals surface area (Å²) in [5, 5.41) is 12.0. The number of ether oxygens (including phenoxy) is 1. The summed E-state index contributed by atoms with van der Waals surface area (Å²) in [5.41, 5.74) is 1.84. The third-order valence-electron chi connectivity index (χ3n) is 5.22. The molecular formula is C23H19ClN2O4S. The maximum Gasteiger partial charge on any atom is 0.301 e. The molecule has 0 aliphatic carbocycles. The van der Waals surface area contributed by atoms with Crippen LogP contribution in [0.5, 0.6) is 5.75 Å². The van der Waals surface area contributed by atoms with Crippen molar-refractivity contribution in [3.05, 3.63) is 80.8 Å². The second-order valence-electron chi connectivity index (χ2n) is 7.09. The molecule has 8 heteroatoms. The first-order valence-corrected chi connectivity index (χ1v) is 10.7. The number of methoxy groups -OCH3 is 1. The summed E-state index contributed by atoms with van der Waals surface area (Å²) in [6.45, 7) is 3.76. The fourth-order valence-corrected chi connectivity index (χ4v) is 4.52. The number of aromatic nitrogens is 1. The van der Waals surface area contributed by atoms with Gasteiger partial charge in [-0.15, -0.1) is 11.3 Å². The molecule has 1 aliphatic rings. The van der Waals surface area contributed by atoms with E-state index < -0.39 is 17.7 Å². The van der Waals surface area contributed by atoms with Gasteiger partial charge in [0.25, 0.3) is 5.78 Å². The number of aliphatic hydroxyl groups excluding tert-OH is 1. The van der Waals surface area contributed by atoms with E-state index in [1.54, 1.807) is 55.6 Å². The van der Waals surface area contributed by atoms with E-state index in [4.69, 9.17) is 16.3 Å². The number of anilines is 1. The van der Waals surface area contributed by atoms with Crippen LogP contribution in [0.15, 0.2) is 54.1 Å². The molecule has 4 rings (SSSR count). The van der Waals surface area contributed by atoms with Crippen LogP contribution in [0.2, 0.25) is 5.02 Å². The number of hydrogen-bond donors (Lipinski definition) is 1. The molecule has 0 bridgehead atoms. The van der Waals surface area contributed by atoms with Crippen molar-refractivity contribution in [1.29, 1.82) is 0 Å². The Balaban J connectivity index is 1.93. The third kappa shape index (κ3) is 3.71. The van der Waals surface area contributed by atoms with Crippen LogP contribution in [0, 0.1) is 13.8 Å². The zero-order chi connectivity index (χ0) is 22.3. The molecule has 0 radical (unpaired) electrons. The van der Waals surface area contributed by atoms with Gasteiger partial charge < -0.3 is 9.84 Å². The SMILES string of the molecule is COc1ccc([C@@H]2/C(=C(\O)c3ccc(Cl)cc3)C(=O)C(=O)N2c2nc(C)c(C)s2)cc1. The highest BCUT2D eigenvalue weighted by Gasteiger charge is 2.48. The zero-order valence-electron chi connectivity index (χ0n) is 17.0. The number of benzene rings is 2. The zero-order valence-corrected chi connectivity index (χ0v) is 18.6. The Morgan fingerprint density at radius 1 is 1.10 bits per heavy atom. The Hall–Kier alpha value is -3.16.